The van der Waals surface area contributed by atoms with Crippen molar-refractivity contribution < 1.29 is 9.53 Å². The Bertz CT molecular complexity index is 853. The van der Waals surface area contributed by atoms with Crippen LogP contribution in [0.4, 0.5) is 4.79 Å². The Kier molecular flexibility index (Phi) is 7.43. The number of amides is 1. The summed E-state index contributed by atoms with van der Waals surface area (Å²) in [5.74, 6) is 0.590. The molecule has 1 aliphatic heterocycles. The maximum absolute atomic E-state index is 12.1. The lowest BCUT2D eigenvalue weighted by molar-refractivity contribution is 0.0876. The number of allylic oxidation sites excluding steroid dienone is 2. The summed E-state index contributed by atoms with van der Waals surface area (Å²) in [4.78, 5) is 13.9. The molecule has 1 saturated heterocycles. The van der Waals surface area contributed by atoms with Crippen LogP contribution in [-0.2, 0) is 4.74 Å². The highest BCUT2D eigenvalue weighted by Gasteiger charge is 2.38. The van der Waals surface area contributed by atoms with Crippen LogP contribution in [0.3, 0.4) is 0 Å². The number of fused-ring (bicyclic) bond motifs is 1. The molecule has 0 saturated carbocycles. The molecule has 1 amide bonds. The van der Waals surface area contributed by atoms with Gasteiger partial charge in [-0.3, -0.25) is 0 Å². The van der Waals surface area contributed by atoms with Crippen molar-refractivity contribution in [1.82, 2.24) is 10.2 Å². The number of carbonyl (C=O) groups is 1. The first-order chi connectivity index (χ1) is 14.5. The molecule has 1 heterocycles. The molecule has 4 nitrogen and oxygen atoms in total. The summed E-state index contributed by atoms with van der Waals surface area (Å²) < 4.78 is 5.18. The quantitative estimate of drug-likeness (QED) is 0.573. The number of piperidine rings is 1. The normalized spacial score (nSPS) is 21.9. The average molecular weight is 427 g/mol. The van der Waals surface area contributed by atoms with E-state index in [-0.39, 0.29) is 18.1 Å². The fraction of sp³-hybridized carbons (Fsp3) is 0.400. The number of rotatable bonds is 6. The monoisotopic (exact) mass is 426 g/mol. The maximum Gasteiger partial charge on any atom is 0.409 e. The van der Waals surface area contributed by atoms with Crippen molar-refractivity contribution in [1.29, 1.82) is 0 Å². The number of benzene rings is 1. The molecule has 30 heavy (non-hydrogen) atoms. The van der Waals surface area contributed by atoms with Gasteiger partial charge in [0.1, 0.15) is 0 Å². The molecule has 1 aromatic carbocycles. The molecular formula is C25H31ClN2O2. The molecule has 0 aromatic heterocycles. The van der Waals surface area contributed by atoms with Crippen molar-refractivity contribution in [3.05, 3.63) is 78.0 Å². The second-order valence-corrected chi connectivity index (χ2v) is 8.30. The minimum absolute atomic E-state index is 0.0314. The molecule has 0 bridgehead atoms. The largest absolute Gasteiger partial charge is 0.450 e. The van der Waals surface area contributed by atoms with Gasteiger partial charge in [-0.1, -0.05) is 43.0 Å². The SMILES string of the molecule is C=CCC1=CC(=C)C(NC=C)C(C2CCN(C(=O)OCC)CC2)c2ccc(Cl)cc21. The number of hydrogen-bond donors (Lipinski definition) is 1. The van der Waals surface area contributed by atoms with E-state index in [0.29, 0.717) is 25.6 Å². The fourth-order valence-electron chi connectivity index (χ4n) is 4.74. The molecule has 160 valence electrons. The van der Waals surface area contributed by atoms with Crippen molar-refractivity contribution in [2.45, 2.75) is 38.1 Å². The highest BCUT2D eigenvalue weighted by atomic mass is 35.5. The van der Waals surface area contributed by atoms with E-state index in [1.165, 1.54) is 11.1 Å². The van der Waals surface area contributed by atoms with E-state index in [4.69, 9.17) is 16.3 Å². The maximum atomic E-state index is 12.1. The highest BCUT2D eigenvalue weighted by Crippen LogP contribution is 2.44. The molecule has 0 radical (unpaired) electrons. The third-order valence-corrected chi connectivity index (χ3v) is 6.31. The van der Waals surface area contributed by atoms with Crippen LogP contribution < -0.4 is 5.32 Å². The Labute approximate surface area is 184 Å². The summed E-state index contributed by atoms with van der Waals surface area (Å²) in [6, 6.07) is 6.19. The first-order valence-corrected chi connectivity index (χ1v) is 11.0. The molecule has 2 atom stereocenters. The van der Waals surface area contributed by atoms with Gasteiger partial charge in [-0.2, -0.15) is 0 Å². The summed E-state index contributed by atoms with van der Waals surface area (Å²) in [7, 11) is 0. The van der Waals surface area contributed by atoms with Gasteiger partial charge in [0.25, 0.3) is 0 Å². The summed E-state index contributed by atoms with van der Waals surface area (Å²) in [5, 5.41) is 4.17. The number of likely N-dealkylation sites (tertiary alicyclic amines) is 1. The lowest BCUT2D eigenvalue weighted by atomic mass is 9.73. The van der Waals surface area contributed by atoms with Gasteiger partial charge in [-0.05, 0) is 72.7 Å². The second kappa shape index (κ2) is 10.0. The molecule has 1 aromatic rings. The molecule has 3 rings (SSSR count). The second-order valence-electron chi connectivity index (χ2n) is 7.87. The standard InChI is InChI=1S/C25H31ClN2O2/c1-5-8-19-15-17(4)24(27-6-2)23(21-10-9-20(26)16-22(19)21)18-11-13-28(14-12-18)25(29)30-7-3/h5-6,9-10,15-16,18,23-24,27H,1-2,4,7-8,11-14H2,3H3. The molecule has 0 spiro atoms. The number of ether oxygens (including phenoxy) is 1. The average Bonchev–Trinajstić information content (AvgIpc) is 2.84. The number of nitrogens with one attached hydrogen (secondary N) is 1. The van der Waals surface area contributed by atoms with Crippen molar-refractivity contribution in [2.75, 3.05) is 19.7 Å². The van der Waals surface area contributed by atoms with E-state index in [0.717, 1.165) is 35.4 Å². The summed E-state index contributed by atoms with van der Waals surface area (Å²) >= 11 is 6.38. The summed E-state index contributed by atoms with van der Waals surface area (Å²) in [6.07, 6.45) is 8.17. The Morgan fingerprint density at radius 3 is 2.70 bits per heavy atom. The zero-order valence-electron chi connectivity index (χ0n) is 17.7. The van der Waals surface area contributed by atoms with Crippen LogP contribution in [0, 0.1) is 5.92 Å². The van der Waals surface area contributed by atoms with E-state index >= 15 is 0 Å². The molecule has 2 aliphatic rings. The van der Waals surface area contributed by atoms with E-state index in [1.54, 1.807) is 6.20 Å². The molecule has 1 fully saturated rings. The molecule has 5 heteroatoms. The van der Waals surface area contributed by atoms with Gasteiger partial charge >= 0.3 is 6.09 Å². The molecular weight excluding hydrogens is 396 g/mol. The van der Waals surface area contributed by atoms with Gasteiger partial charge in [0, 0.05) is 24.0 Å². The van der Waals surface area contributed by atoms with Gasteiger partial charge in [-0.15, -0.1) is 6.58 Å². The van der Waals surface area contributed by atoms with E-state index < -0.39 is 0 Å². The smallest absolute Gasteiger partial charge is 0.409 e. The van der Waals surface area contributed by atoms with Crippen LogP contribution in [0.5, 0.6) is 0 Å². The van der Waals surface area contributed by atoms with Gasteiger partial charge in [0.05, 0.1) is 12.6 Å². The zero-order valence-corrected chi connectivity index (χ0v) is 18.5. The first kappa shape index (κ1) is 22.2. The van der Waals surface area contributed by atoms with Crippen LogP contribution in [0.1, 0.15) is 43.2 Å². The first-order valence-electron chi connectivity index (χ1n) is 10.6. The topological polar surface area (TPSA) is 41.6 Å². The molecule has 1 N–H and O–H groups in total. The predicted octanol–water partition coefficient (Wildman–Crippen LogP) is 5.92. The third-order valence-electron chi connectivity index (χ3n) is 6.07. The van der Waals surface area contributed by atoms with Crippen LogP contribution in [0.2, 0.25) is 5.02 Å². The minimum Gasteiger partial charge on any atom is -0.450 e. The molecule has 1 aliphatic carbocycles. The lowest BCUT2D eigenvalue weighted by Crippen LogP contribution is -2.44. The number of halogens is 1. The Hall–Kier alpha value is -2.46. The molecule has 2 unspecified atom stereocenters. The van der Waals surface area contributed by atoms with Crippen LogP contribution in [0.15, 0.2) is 61.9 Å². The third kappa shape index (κ3) is 4.65. The number of hydrogen-bond acceptors (Lipinski definition) is 3. The Morgan fingerprint density at radius 1 is 1.33 bits per heavy atom. The lowest BCUT2D eigenvalue weighted by Gasteiger charge is -2.39. The number of carbonyl (C=O) groups excluding carboxylic acids is 1. The predicted molar refractivity (Wildman–Crippen MR) is 125 cm³/mol. The fourth-order valence-corrected chi connectivity index (χ4v) is 4.91. The number of nitrogens with zero attached hydrogens (tertiary/aromatic N) is 1. The Morgan fingerprint density at radius 2 is 2.07 bits per heavy atom. The van der Waals surface area contributed by atoms with E-state index in [2.05, 4.69) is 43.3 Å². The van der Waals surface area contributed by atoms with Gasteiger partial charge in [-0.25, -0.2) is 4.79 Å². The van der Waals surface area contributed by atoms with Crippen LogP contribution >= 0.6 is 11.6 Å². The zero-order chi connectivity index (χ0) is 21.7. The van der Waals surface area contributed by atoms with Gasteiger partial charge in [0.15, 0.2) is 0 Å². The van der Waals surface area contributed by atoms with Crippen LogP contribution in [-0.4, -0.2) is 36.7 Å². The van der Waals surface area contributed by atoms with Gasteiger partial charge in [0.2, 0.25) is 0 Å². The Balaban J connectivity index is 1.97. The van der Waals surface area contributed by atoms with Crippen LogP contribution in [0.25, 0.3) is 5.57 Å². The van der Waals surface area contributed by atoms with Crippen molar-refractivity contribution >= 4 is 23.3 Å². The van der Waals surface area contributed by atoms with Gasteiger partial charge < -0.3 is 15.0 Å². The van der Waals surface area contributed by atoms with Crippen molar-refractivity contribution in [3.63, 3.8) is 0 Å². The highest BCUT2D eigenvalue weighted by molar-refractivity contribution is 6.30. The van der Waals surface area contributed by atoms with Crippen molar-refractivity contribution in [2.24, 2.45) is 5.92 Å². The van der Waals surface area contributed by atoms with E-state index in [1.807, 2.05) is 24.0 Å². The van der Waals surface area contributed by atoms with Crippen molar-refractivity contribution in [3.8, 4) is 0 Å². The minimum atomic E-state index is -0.218. The summed E-state index contributed by atoms with van der Waals surface area (Å²) in [6.45, 7) is 15.8. The summed E-state index contributed by atoms with van der Waals surface area (Å²) in [5.41, 5.74) is 4.63. The van der Waals surface area contributed by atoms with E-state index in [9.17, 15) is 4.79 Å².